The molecule has 24 heavy (non-hydrogen) atoms. The van der Waals surface area contributed by atoms with Crippen LogP contribution in [0.25, 0.3) is 0 Å². The Labute approximate surface area is 148 Å². The van der Waals surface area contributed by atoms with Crippen LogP contribution >= 0.6 is 11.8 Å². The van der Waals surface area contributed by atoms with Gasteiger partial charge in [-0.3, -0.25) is 4.79 Å². The van der Waals surface area contributed by atoms with Crippen molar-refractivity contribution in [3.8, 4) is 5.75 Å². The summed E-state index contributed by atoms with van der Waals surface area (Å²) in [5.41, 5.74) is 2.31. The lowest BCUT2D eigenvalue weighted by molar-refractivity contribution is -0.120. The first-order chi connectivity index (χ1) is 11.6. The minimum atomic E-state index is -0.0876. The van der Waals surface area contributed by atoms with Crippen LogP contribution in [0, 0.1) is 0 Å². The Morgan fingerprint density at radius 1 is 1.08 bits per heavy atom. The van der Waals surface area contributed by atoms with E-state index in [4.69, 9.17) is 4.74 Å². The number of amides is 1. The molecule has 2 aromatic carbocycles. The molecule has 0 unspecified atom stereocenters. The minimum absolute atomic E-state index is 0.0204. The lowest BCUT2D eigenvalue weighted by Gasteiger charge is -2.18. The van der Waals surface area contributed by atoms with Gasteiger partial charge in [0.05, 0.1) is 17.9 Å². The van der Waals surface area contributed by atoms with Crippen molar-refractivity contribution >= 4 is 17.7 Å². The van der Waals surface area contributed by atoms with Gasteiger partial charge in [-0.1, -0.05) is 42.5 Å². The highest BCUT2D eigenvalue weighted by atomic mass is 32.2. The van der Waals surface area contributed by atoms with Crippen LogP contribution in [0.1, 0.15) is 37.9 Å². The molecule has 0 saturated heterocycles. The molecule has 0 radical (unpaired) electrons. The molecule has 128 valence electrons. The van der Waals surface area contributed by atoms with Crippen LogP contribution in [0.5, 0.6) is 5.75 Å². The van der Waals surface area contributed by atoms with E-state index in [1.54, 1.807) is 11.8 Å². The van der Waals surface area contributed by atoms with E-state index in [0.29, 0.717) is 6.61 Å². The van der Waals surface area contributed by atoms with Gasteiger partial charge in [0, 0.05) is 5.75 Å². The van der Waals surface area contributed by atoms with Crippen LogP contribution in [-0.4, -0.2) is 17.8 Å². The fourth-order valence-electron chi connectivity index (χ4n) is 2.30. The van der Waals surface area contributed by atoms with E-state index in [0.717, 1.165) is 17.1 Å². The topological polar surface area (TPSA) is 38.3 Å². The van der Waals surface area contributed by atoms with Crippen molar-refractivity contribution in [2.75, 3.05) is 6.61 Å². The van der Waals surface area contributed by atoms with Gasteiger partial charge in [-0.05, 0) is 44.0 Å². The summed E-state index contributed by atoms with van der Waals surface area (Å²) >= 11 is 1.65. The summed E-state index contributed by atoms with van der Waals surface area (Å²) < 4.78 is 5.44. The number of carbonyl (C=O) groups excluding carboxylic acids is 1. The average Bonchev–Trinajstić information content (AvgIpc) is 2.61. The second kappa shape index (κ2) is 9.38. The molecule has 2 aromatic rings. The van der Waals surface area contributed by atoms with Gasteiger partial charge in [0.15, 0.2) is 0 Å². The SMILES string of the molecule is CCOc1ccc([C@H](C)NC(=O)[C@H](C)SCc2ccccc2)cc1. The molecule has 1 N–H and O–H groups in total. The maximum absolute atomic E-state index is 12.4. The molecular weight excluding hydrogens is 318 g/mol. The van der Waals surface area contributed by atoms with Gasteiger partial charge in [0.2, 0.25) is 5.91 Å². The van der Waals surface area contributed by atoms with Crippen molar-refractivity contribution in [3.05, 3.63) is 65.7 Å². The Hall–Kier alpha value is -1.94. The van der Waals surface area contributed by atoms with Gasteiger partial charge >= 0.3 is 0 Å². The van der Waals surface area contributed by atoms with Crippen molar-refractivity contribution in [3.63, 3.8) is 0 Å². The molecule has 0 bridgehead atoms. The van der Waals surface area contributed by atoms with E-state index < -0.39 is 0 Å². The number of ether oxygens (including phenoxy) is 1. The van der Waals surface area contributed by atoms with E-state index in [1.165, 1.54) is 5.56 Å². The van der Waals surface area contributed by atoms with Crippen LogP contribution in [0.4, 0.5) is 0 Å². The van der Waals surface area contributed by atoms with Crippen molar-refractivity contribution in [2.45, 2.75) is 37.8 Å². The molecule has 0 heterocycles. The molecule has 0 aliphatic rings. The molecule has 4 heteroatoms. The molecule has 1 amide bonds. The van der Waals surface area contributed by atoms with E-state index in [1.807, 2.05) is 63.2 Å². The van der Waals surface area contributed by atoms with Gasteiger partial charge in [-0.25, -0.2) is 0 Å². The monoisotopic (exact) mass is 343 g/mol. The lowest BCUT2D eigenvalue weighted by atomic mass is 10.1. The third-order valence-electron chi connectivity index (χ3n) is 3.76. The highest BCUT2D eigenvalue weighted by molar-refractivity contribution is 7.99. The summed E-state index contributed by atoms with van der Waals surface area (Å²) in [7, 11) is 0. The first-order valence-electron chi connectivity index (χ1n) is 8.28. The Balaban J connectivity index is 1.83. The van der Waals surface area contributed by atoms with E-state index in [-0.39, 0.29) is 17.2 Å². The number of hydrogen-bond donors (Lipinski definition) is 1. The fourth-order valence-corrected chi connectivity index (χ4v) is 3.16. The number of benzene rings is 2. The predicted octanol–water partition coefficient (Wildman–Crippen LogP) is 4.58. The van der Waals surface area contributed by atoms with Gasteiger partial charge in [0.25, 0.3) is 0 Å². The van der Waals surface area contributed by atoms with Gasteiger partial charge in [-0.15, -0.1) is 11.8 Å². The molecular formula is C20H25NO2S. The van der Waals surface area contributed by atoms with Crippen LogP contribution in [0.2, 0.25) is 0 Å². The molecule has 2 atom stereocenters. The van der Waals surface area contributed by atoms with Gasteiger partial charge in [-0.2, -0.15) is 0 Å². The minimum Gasteiger partial charge on any atom is -0.494 e. The van der Waals surface area contributed by atoms with Crippen LogP contribution in [-0.2, 0) is 10.5 Å². The molecule has 0 aliphatic heterocycles. The summed E-state index contributed by atoms with van der Waals surface area (Å²) in [6.45, 7) is 6.57. The number of hydrogen-bond acceptors (Lipinski definition) is 3. The van der Waals surface area contributed by atoms with Crippen molar-refractivity contribution in [1.82, 2.24) is 5.32 Å². The summed E-state index contributed by atoms with van der Waals surface area (Å²) in [6, 6.07) is 18.1. The van der Waals surface area contributed by atoms with Gasteiger partial charge in [0.1, 0.15) is 5.75 Å². The summed E-state index contributed by atoms with van der Waals surface area (Å²) in [6.07, 6.45) is 0. The zero-order valence-electron chi connectivity index (χ0n) is 14.5. The quantitative estimate of drug-likeness (QED) is 0.762. The first kappa shape index (κ1) is 18.4. The summed E-state index contributed by atoms with van der Waals surface area (Å²) in [5.74, 6) is 1.76. The molecule has 0 fully saturated rings. The molecule has 3 nitrogen and oxygen atoms in total. The third kappa shape index (κ3) is 5.60. The fraction of sp³-hybridized carbons (Fsp3) is 0.350. The summed E-state index contributed by atoms with van der Waals surface area (Å²) in [4.78, 5) is 12.4. The smallest absolute Gasteiger partial charge is 0.233 e. The third-order valence-corrected chi connectivity index (χ3v) is 4.98. The maximum atomic E-state index is 12.4. The highest BCUT2D eigenvalue weighted by Crippen LogP contribution is 2.21. The second-order valence-electron chi connectivity index (χ2n) is 5.67. The van der Waals surface area contributed by atoms with Crippen molar-refractivity contribution < 1.29 is 9.53 Å². The molecule has 2 rings (SSSR count). The van der Waals surface area contributed by atoms with Crippen LogP contribution in [0.3, 0.4) is 0 Å². The normalized spacial score (nSPS) is 13.1. The zero-order valence-corrected chi connectivity index (χ0v) is 15.3. The number of rotatable bonds is 8. The van der Waals surface area contributed by atoms with Crippen LogP contribution in [0.15, 0.2) is 54.6 Å². The Morgan fingerprint density at radius 2 is 1.75 bits per heavy atom. The van der Waals surface area contributed by atoms with E-state index in [2.05, 4.69) is 17.4 Å². The molecule has 0 spiro atoms. The largest absolute Gasteiger partial charge is 0.494 e. The Morgan fingerprint density at radius 3 is 2.38 bits per heavy atom. The maximum Gasteiger partial charge on any atom is 0.233 e. The van der Waals surface area contributed by atoms with E-state index >= 15 is 0 Å². The standard InChI is InChI=1S/C20H25NO2S/c1-4-23-19-12-10-18(11-13-19)15(2)21-20(22)16(3)24-14-17-8-6-5-7-9-17/h5-13,15-16H,4,14H2,1-3H3,(H,21,22)/t15-,16-/m0/s1. The Bertz CT molecular complexity index is 628. The van der Waals surface area contributed by atoms with Crippen molar-refractivity contribution in [2.24, 2.45) is 0 Å². The van der Waals surface area contributed by atoms with E-state index in [9.17, 15) is 4.79 Å². The average molecular weight is 343 g/mol. The summed E-state index contributed by atoms with van der Waals surface area (Å²) in [5, 5.41) is 3.00. The van der Waals surface area contributed by atoms with Crippen LogP contribution < -0.4 is 10.1 Å². The van der Waals surface area contributed by atoms with Crippen molar-refractivity contribution in [1.29, 1.82) is 0 Å². The number of thioether (sulfide) groups is 1. The number of nitrogens with one attached hydrogen (secondary N) is 1. The Kier molecular flexibility index (Phi) is 7.19. The number of carbonyl (C=O) groups is 1. The molecule has 0 aromatic heterocycles. The first-order valence-corrected chi connectivity index (χ1v) is 9.33. The highest BCUT2D eigenvalue weighted by Gasteiger charge is 2.16. The molecule has 0 aliphatic carbocycles. The molecule has 0 saturated carbocycles. The zero-order chi connectivity index (χ0) is 17.4. The second-order valence-corrected chi connectivity index (χ2v) is 7.00. The van der Waals surface area contributed by atoms with Gasteiger partial charge < -0.3 is 10.1 Å². The lowest BCUT2D eigenvalue weighted by Crippen LogP contribution is -2.33. The predicted molar refractivity (Wildman–Crippen MR) is 101 cm³/mol.